The Morgan fingerprint density at radius 3 is 2.30 bits per heavy atom. The van der Waals surface area contributed by atoms with Crippen molar-refractivity contribution in [1.29, 1.82) is 0 Å². The number of hydrogen-bond acceptors (Lipinski definition) is 4. The minimum Gasteiger partial charge on any atom is -0.481 e. The molecule has 0 bridgehead atoms. The van der Waals surface area contributed by atoms with Gasteiger partial charge >= 0.3 is 5.97 Å². The molecule has 0 radical (unpaired) electrons. The van der Waals surface area contributed by atoms with Crippen LogP contribution in [0.25, 0.3) is 0 Å². The van der Waals surface area contributed by atoms with Gasteiger partial charge in [-0.1, -0.05) is 13.8 Å². The number of carboxylic acids is 1. The van der Waals surface area contributed by atoms with E-state index in [-0.39, 0.29) is 18.0 Å². The second-order valence-corrected chi connectivity index (χ2v) is 7.12. The van der Waals surface area contributed by atoms with Crippen LogP contribution in [0.3, 0.4) is 0 Å². The van der Waals surface area contributed by atoms with Gasteiger partial charge in [-0.15, -0.1) is 0 Å². The third kappa shape index (κ3) is 5.26. The molecule has 1 aliphatic rings. The predicted molar refractivity (Wildman–Crippen MR) is 95.6 cm³/mol. The summed E-state index contributed by atoms with van der Waals surface area (Å²) in [5.74, 6) is -2.59. The Kier molecular flexibility index (Phi) is 6.90. The number of carboxylic acid groups (broad SMARTS) is 1. The van der Waals surface area contributed by atoms with Gasteiger partial charge in [-0.3, -0.25) is 14.4 Å². The molecule has 0 saturated carbocycles. The second-order valence-electron chi connectivity index (χ2n) is 7.12. The number of benzene rings is 1. The maximum Gasteiger partial charge on any atom is 0.311 e. The molecule has 1 aromatic carbocycles. The van der Waals surface area contributed by atoms with E-state index in [2.05, 4.69) is 10.6 Å². The third-order valence-corrected chi connectivity index (χ3v) is 4.85. The second kappa shape index (κ2) is 8.94. The maximum atomic E-state index is 13.0. The van der Waals surface area contributed by atoms with Gasteiger partial charge in [0.1, 0.15) is 11.9 Å². The fourth-order valence-corrected chi connectivity index (χ4v) is 2.96. The number of rotatable bonds is 7. The number of aliphatic carboxylic acids is 1. The van der Waals surface area contributed by atoms with Crippen LogP contribution >= 0.6 is 0 Å². The van der Waals surface area contributed by atoms with Crippen LogP contribution in [0.5, 0.6) is 0 Å². The summed E-state index contributed by atoms with van der Waals surface area (Å²) in [7, 11) is 0. The molecule has 3 N–H and O–H groups in total. The average molecular weight is 380 g/mol. The zero-order chi connectivity index (χ0) is 20.0. The molecule has 1 fully saturated rings. The summed E-state index contributed by atoms with van der Waals surface area (Å²) in [5.41, 5.74) is -0.822. The first-order valence-corrected chi connectivity index (χ1v) is 8.90. The van der Waals surface area contributed by atoms with E-state index in [0.717, 1.165) is 0 Å². The highest BCUT2D eigenvalue weighted by atomic mass is 19.1. The molecule has 1 saturated heterocycles. The molecular formula is C19H25FN2O5. The van der Waals surface area contributed by atoms with Gasteiger partial charge in [-0.25, -0.2) is 4.39 Å². The first-order chi connectivity index (χ1) is 12.7. The van der Waals surface area contributed by atoms with Crippen molar-refractivity contribution < 1.29 is 28.6 Å². The molecule has 1 heterocycles. The monoisotopic (exact) mass is 380 g/mol. The van der Waals surface area contributed by atoms with Crippen LogP contribution in [0.1, 0.15) is 37.0 Å². The van der Waals surface area contributed by atoms with Crippen LogP contribution in [0.2, 0.25) is 0 Å². The molecule has 8 heteroatoms. The average Bonchev–Trinajstić information content (AvgIpc) is 2.65. The third-order valence-electron chi connectivity index (χ3n) is 4.85. The Morgan fingerprint density at radius 2 is 1.78 bits per heavy atom. The van der Waals surface area contributed by atoms with Crippen molar-refractivity contribution >= 4 is 17.8 Å². The van der Waals surface area contributed by atoms with Crippen molar-refractivity contribution in [2.24, 2.45) is 11.3 Å². The summed E-state index contributed by atoms with van der Waals surface area (Å²) in [6, 6.07) is 4.17. The molecule has 1 atom stereocenters. The number of hydrogen-bond donors (Lipinski definition) is 3. The van der Waals surface area contributed by atoms with E-state index in [0.29, 0.717) is 26.1 Å². The predicted octanol–water partition coefficient (Wildman–Crippen LogP) is 1.58. The lowest BCUT2D eigenvalue weighted by Gasteiger charge is -2.34. The van der Waals surface area contributed by atoms with Crippen LogP contribution in [0, 0.1) is 17.2 Å². The van der Waals surface area contributed by atoms with E-state index in [1.807, 2.05) is 0 Å². The van der Waals surface area contributed by atoms with E-state index >= 15 is 0 Å². The Bertz CT molecular complexity index is 684. The standard InChI is InChI=1S/C19H25FN2O5/c1-12(2)15(22-16(23)13-3-5-14(20)6-4-13)17(24)21-11-19(18(25)26)7-9-27-10-8-19/h3-6,12,15H,7-11H2,1-2H3,(H,21,24)(H,22,23)(H,25,26). The molecular weight excluding hydrogens is 355 g/mol. The van der Waals surface area contributed by atoms with Gasteiger partial charge in [-0.2, -0.15) is 0 Å². The van der Waals surface area contributed by atoms with Crippen LogP contribution in [0.4, 0.5) is 4.39 Å². The lowest BCUT2D eigenvalue weighted by Crippen LogP contribution is -2.53. The summed E-state index contributed by atoms with van der Waals surface area (Å²) in [5, 5.41) is 14.9. The Balaban J connectivity index is 2.02. The van der Waals surface area contributed by atoms with Crippen molar-refractivity contribution in [3.8, 4) is 0 Å². The molecule has 7 nitrogen and oxygen atoms in total. The van der Waals surface area contributed by atoms with Crippen LogP contribution < -0.4 is 10.6 Å². The maximum absolute atomic E-state index is 13.0. The van der Waals surface area contributed by atoms with Gasteiger partial charge < -0.3 is 20.5 Å². The summed E-state index contributed by atoms with van der Waals surface area (Å²) < 4.78 is 18.2. The van der Waals surface area contributed by atoms with Gasteiger partial charge in [0.15, 0.2) is 0 Å². The van der Waals surface area contributed by atoms with Crippen molar-refractivity contribution in [2.75, 3.05) is 19.8 Å². The van der Waals surface area contributed by atoms with E-state index in [4.69, 9.17) is 4.74 Å². The Labute approximate surface area is 157 Å². The molecule has 0 aromatic heterocycles. The largest absolute Gasteiger partial charge is 0.481 e. The van der Waals surface area contributed by atoms with Crippen molar-refractivity contribution in [3.05, 3.63) is 35.6 Å². The molecule has 0 aliphatic carbocycles. The highest BCUT2D eigenvalue weighted by molar-refractivity contribution is 5.97. The topological polar surface area (TPSA) is 105 Å². The van der Waals surface area contributed by atoms with Gasteiger partial charge in [0.25, 0.3) is 5.91 Å². The van der Waals surface area contributed by atoms with E-state index in [1.54, 1.807) is 13.8 Å². The van der Waals surface area contributed by atoms with Gasteiger partial charge in [-0.05, 0) is 43.0 Å². The number of ether oxygens (including phenoxy) is 1. The number of amides is 2. The fraction of sp³-hybridized carbons (Fsp3) is 0.526. The van der Waals surface area contributed by atoms with Gasteiger partial charge in [0.05, 0.1) is 5.41 Å². The number of carbonyl (C=O) groups is 3. The summed E-state index contributed by atoms with van der Waals surface area (Å²) in [6.07, 6.45) is 0.633. The highest BCUT2D eigenvalue weighted by Crippen LogP contribution is 2.30. The SMILES string of the molecule is CC(C)C(NC(=O)c1ccc(F)cc1)C(=O)NCC1(C(=O)O)CCOCC1. The molecule has 0 spiro atoms. The van der Waals surface area contributed by atoms with Crippen LogP contribution in [-0.2, 0) is 14.3 Å². The van der Waals surface area contributed by atoms with Crippen LogP contribution in [0.15, 0.2) is 24.3 Å². The number of nitrogens with one attached hydrogen (secondary N) is 2. The molecule has 2 amide bonds. The molecule has 2 rings (SSSR count). The van der Waals surface area contributed by atoms with E-state index < -0.39 is 35.1 Å². The molecule has 1 unspecified atom stereocenters. The lowest BCUT2D eigenvalue weighted by atomic mass is 9.80. The van der Waals surface area contributed by atoms with Gasteiger partial charge in [0.2, 0.25) is 5.91 Å². The van der Waals surface area contributed by atoms with Crippen molar-refractivity contribution in [2.45, 2.75) is 32.7 Å². The number of carbonyl (C=O) groups excluding carboxylic acids is 2. The smallest absolute Gasteiger partial charge is 0.311 e. The molecule has 1 aromatic rings. The molecule has 27 heavy (non-hydrogen) atoms. The highest BCUT2D eigenvalue weighted by Gasteiger charge is 2.41. The van der Waals surface area contributed by atoms with Crippen molar-refractivity contribution in [3.63, 3.8) is 0 Å². The fourth-order valence-electron chi connectivity index (χ4n) is 2.96. The number of halogens is 1. The Hall–Kier alpha value is -2.48. The zero-order valence-electron chi connectivity index (χ0n) is 15.5. The first kappa shape index (κ1) is 20.8. The van der Waals surface area contributed by atoms with E-state index in [1.165, 1.54) is 24.3 Å². The lowest BCUT2D eigenvalue weighted by molar-refractivity contribution is -0.154. The minimum atomic E-state index is -1.06. The van der Waals surface area contributed by atoms with E-state index in [9.17, 15) is 23.9 Å². The van der Waals surface area contributed by atoms with Crippen molar-refractivity contribution in [1.82, 2.24) is 10.6 Å². The molecule has 1 aliphatic heterocycles. The van der Waals surface area contributed by atoms with Gasteiger partial charge in [0, 0.05) is 25.3 Å². The first-order valence-electron chi connectivity index (χ1n) is 8.90. The van der Waals surface area contributed by atoms with Crippen LogP contribution in [-0.4, -0.2) is 48.7 Å². The minimum absolute atomic E-state index is 0.0276. The summed E-state index contributed by atoms with van der Waals surface area (Å²) in [4.78, 5) is 36.6. The summed E-state index contributed by atoms with van der Waals surface area (Å²) in [6.45, 7) is 4.18. The molecule has 148 valence electrons. The zero-order valence-corrected chi connectivity index (χ0v) is 15.5. The Morgan fingerprint density at radius 1 is 1.19 bits per heavy atom. The quantitative estimate of drug-likeness (QED) is 0.666. The normalized spacial score (nSPS) is 17.2. The summed E-state index contributed by atoms with van der Waals surface area (Å²) >= 11 is 0.